The predicted molar refractivity (Wildman–Crippen MR) is 74.9 cm³/mol. The van der Waals surface area contributed by atoms with Crippen molar-refractivity contribution in [3.8, 4) is 0 Å². The number of aromatic nitrogens is 1. The van der Waals surface area contributed by atoms with E-state index in [-0.39, 0.29) is 12.5 Å². The van der Waals surface area contributed by atoms with E-state index >= 15 is 0 Å². The predicted octanol–water partition coefficient (Wildman–Crippen LogP) is 2.63. The van der Waals surface area contributed by atoms with Crippen molar-refractivity contribution in [1.29, 1.82) is 0 Å². The number of hydrogen-bond donors (Lipinski definition) is 1. The Morgan fingerprint density at radius 1 is 1.55 bits per heavy atom. The SMILES string of the molecule is Cc1cc(NC(=O)CO/N=C/c2ccccc2Cl)no1. The van der Waals surface area contributed by atoms with Crippen molar-refractivity contribution in [1.82, 2.24) is 5.16 Å². The van der Waals surface area contributed by atoms with Crippen LogP contribution in [0.5, 0.6) is 0 Å². The van der Waals surface area contributed by atoms with Gasteiger partial charge < -0.3 is 14.7 Å². The molecular formula is C13H12ClN3O3. The van der Waals surface area contributed by atoms with E-state index in [4.69, 9.17) is 21.0 Å². The second kappa shape index (κ2) is 6.72. The summed E-state index contributed by atoms with van der Waals surface area (Å²) in [6.07, 6.45) is 1.44. The van der Waals surface area contributed by atoms with Crippen LogP contribution < -0.4 is 5.32 Å². The van der Waals surface area contributed by atoms with Gasteiger partial charge in [-0.2, -0.15) is 0 Å². The van der Waals surface area contributed by atoms with Gasteiger partial charge in [0, 0.05) is 16.7 Å². The molecule has 1 amide bonds. The maximum absolute atomic E-state index is 11.5. The molecule has 0 unspecified atom stereocenters. The molecule has 0 atom stereocenters. The highest BCUT2D eigenvalue weighted by molar-refractivity contribution is 6.33. The molecule has 0 fully saturated rings. The largest absolute Gasteiger partial charge is 0.386 e. The summed E-state index contributed by atoms with van der Waals surface area (Å²) in [7, 11) is 0. The number of aryl methyl sites for hydroxylation is 1. The lowest BCUT2D eigenvalue weighted by atomic mass is 10.2. The number of carbonyl (C=O) groups is 1. The minimum absolute atomic E-state index is 0.229. The monoisotopic (exact) mass is 293 g/mol. The van der Waals surface area contributed by atoms with Gasteiger partial charge in [0.1, 0.15) is 5.76 Å². The van der Waals surface area contributed by atoms with Crippen LogP contribution in [0.1, 0.15) is 11.3 Å². The molecule has 0 aliphatic heterocycles. The molecule has 7 heteroatoms. The Balaban J connectivity index is 1.78. The first-order valence-corrected chi connectivity index (χ1v) is 6.16. The van der Waals surface area contributed by atoms with Gasteiger partial charge >= 0.3 is 0 Å². The van der Waals surface area contributed by atoms with Crippen LogP contribution in [0.25, 0.3) is 0 Å². The summed E-state index contributed by atoms with van der Waals surface area (Å²) in [6.45, 7) is 1.50. The summed E-state index contributed by atoms with van der Waals surface area (Å²) in [4.78, 5) is 16.4. The molecule has 0 aliphatic carbocycles. The Morgan fingerprint density at radius 2 is 2.35 bits per heavy atom. The molecule has 2 aromatic rings. The molecule has 20 heavy (non-hydrogen) atoms. The van der Waals surface area contributed by atoms with Crippen molar-refractivity contribution in [2.45, 2.75) is 6.92 Å². The summed E-state index contributed by atoms with van der Waals surface area (Å²) in [5.74, 6) is 0.568. The lowest BCUT2D eigenvalue weighted by Crippen LogP contribution is -2.17. The molecule has 0 saturated heterocycles. The third-order valence-electron chi connectivity index (χ3n) is 2.26. The minimum Gasteiger partial charge on any atom is -0.386 e. The second-order valence-electron chi connectivity index (χ2n) is 3.90. The number of rotatable bonds is 5. The van der Waals surface area contributed by atoms with Crippen molar-refractivity contribution in [3.63, 3.8) is 0 Å². The lowest BCUT2D eigenvalue weighted by molar-refractivity contribution is -0.120. The Labute approximate surface area is 120 Å². The molecule has 0 saturated carbocycles. The lowest BCUT2D eigenvalue weighted by Gasteiger charge is -2.00. The van der Waals surface area contributed by atoms with E-state index in [0.29, 0.717) is 22.2 Å². The molecule has 0 aliphatic rings. The number of benzene rings is 1. The molecule has 2 rings (SSSR count). The molecular weight excluding hydrogens is 282 g/mol. The van der Waals surface area contributed by atoms with Gasteiger partial charge in [0.15, 0.2) is 12.4 Å². The highest BCUT2D eigenvalue weighted by Gasteiger charge is 2.06. The van der Waals surface area contributed by atoms with Gasteiger partial charge in [0.25, 0.3) is 5.91 Å². The van der Waals surface area contributed by atoms with Crippen LogP contribution in [0.4, 0.5) is 5.82 Å². The van der Waals surface area contributed by atoms with E-state index in [0.717, 1.165) is 0 Å². The number of oxime groups is 1. The normalized spacial score (nSPS) is 10.7. The van der Waals surface area contributed by atoms with Crippen molar-refractivity contribution in [2.24, 2.45) is 5.16 Å². The summed E-state index contributed by atoms with van der Waals surface area (Å²) >= 11 is 5.93. The van der Waals surface area contributed by atoms with Gasteiger partial charge in [-0.05, 0) is 13.0 Å². The van der Waals surface area contributed by atoms with Gasteiger partial charge in [-0.1, -0.05) is 40.1 Å². The van der Waals surface area contributed by atoms with Crippen LogP contribution in [-0.4, -0.2) is 23.9 Å². The Morgan fingerprint density at radius 3 is 3.05 bits per heavy atom. The van der Waals surface area contributed by atoms with Crippen molar-refractivity contribution in [2.75, 3.05) is 11.9 Å². The first-order chi connectivity index (χ1) is 9.65. The molecule has 0 radical (unpaired) electrons. The van der Waals surface area contributed by atoms with Crippen LogP contribution in [0.15, 0.2) is 40.0 Å². The maximum atomic E-state index is 11.5. The zero-order valence-corrected chi connectivity index (χ0v) is 11.4. The molecule has 1 heterocycles. The van der Waals surface area contributed by atoms with Crippen LogP contribution in [0.2, 0.25) is 5.02 Å². The van der Waals surface area contributed by atoms with Gasteiger partial charge in [0.2, 0.25) is 0 Å². The highest BCUT2D eigenvalue weighted by Crippen LogP contribution is 2.12. The van der Waals surface area contributed by atoms with Crippen LogP contribution >= 0.6 is 11.6 Å². The smallest absolute Gasteiger partial charge is 0.266 e. The van der Waals surface area contributed by atoms with E-state index in [1.54, 1.807) is 25.1 Å². The molecule has 0 spiro atoms. The molecule has 0 bridgehead atoms. The summed E-state index contributed by atoms with van der Waals surface area (Å²) < 4.78 is 4.81. The van der Waals surface area contributed by atoms with Crippen LogP contribution in [0.3, 0.4) is 0 Å². The average molecular weight is 294 g/mol. The molecule has 1 aromatic heterocycles. The molecule has 1 N–H and O–H groups in total. The Kier molecular flexibility index (Phi) is 4.73. The maximum Gasteiger partial charge on any atom is 0.266 e. The van der Waals surface area contributed by atoms with E-state index in [2.05, 4.69) is 15.6 Å². The Hall–Kier alpha value is -2.34. The van der Waals surface area contributed by atoms with E-state index in [9.17, 15) is 4.79 Å². The highest BCUT2D eigenvalue weighted by atomic mass is 35.5. The molecule has 1 aromatic carbocycles. The van der Waals surface area contributed by atoms with Crippen LogP contribution in [-0.2, 0) is 9.63 Å². The van der Waals surface area contributed by atoms with Crippen molar-refractivity contribution in [3.05, 3.63) is 46.7 Å². The fourth-order valence-corrected chi connectivity index (χ4v) is 1.56. The fraction of sp³-hybridized carbons (Fsp3) is 0.154. The number of amides is 1. The first-order valence-electron chi connectivity index (χ1n) is 5.78. The quantitative estimate of drug-likeness (QED) is 0.679. The Bertz CT molecular complexity index is 625. The van der Waals surface area contributed by atoms with E-state index < -0.39 is 0 Å². The number of anilines is 1. The van der Waals surface area contributed by atoms with E-state index in [1.807, 2.05) is 12.1 Å². The summed E-state index contributed by atoms with van der Waals surface area (Å²) in [6, 6.07) is 8.77. The summed E-state index contributed by atoms with van der Waals surface area (Å²) in [5, 5.41) is 10.4. The fourth-order valence-electron chi connectivity index (χ4n) is 1.37. The third kappa shape index (κ3) is 4.10. The first kappa shape index (κ1) is 14.1. The average Bonchev–Trinajstić information content (AvgIpc) is 2.82. The topological polar surface area (TPSA) is 76.7 Å². The van der Waals surface area contributed by atoms with Gasteiger partial charge in [-0.25, -0.2) is 0 Å². The van der Waals surface area contributed by atoms with Gasteiger partial charge in [-0.3, -0.25) is 4.79 Å². The third-order valence-corrected chi connectivity index (χ3v) is 2.61. The molecule has 6 nitrogen and oxygen atoms in total. The standard InChI is InChI=1S/C13H12ClN3O3/c1-9-6-12(17-20-9)16-13(18)8-19-15-7-10-4-2-3-5-11(10)14/h2-7H,8H2,1H3,(H,16,17,18)/b15-7+. The minimum atomic E-state index is -0.380. The van der Waals surface area contributed by atoms with Gasteiger partial charge in [-0.15, -0.1) is 0 Å². The number of nitrogens with zero attached hydrogens (tertiary/aromatic N) is 2. The number of halogens is 1. The van der Waals surface area contributed by atoms with Crippen molar-refractivity contribution >= 4 is 29.5 Å². The summed E-state index contributed by atoms with van der Waals surface area (Å²) in [5.41, 5.74) is 0.710. The second-order valence-corrected chi connectivity index (χ2v) is 4.31. The van der Waals surface area contributed by atoms with Crippen molar-refractivity contribution < 1.29 is 14.2 Å². The zero-order valence-electron chi connectivity index (χ0n) is 10.7. The molecule has 104 valence electrons. The zero-order chi connectivity index (χ0) is 14.4. The number of nitrogens with one attached hydrogen (secondary N) is 1. The van der Waals surface area contributed by atoms with E-state index in [1.165, 1.54) is 6.21 Å². The van der Waals surface area contributed by atoms with Gasteiger partial charge in [0.05, 0.1) is 6.21 Å². The number of hydrogen-bond acceptors (Lipinski definition) is 5. The van der Waals surface area contributed by atoms with Crippen LogP contribution in [0, 0.1) is 6.92 Å². The number of carbonyl (C=O) groups excluding carboxylic acids is 1.